The predicted octanol–water partition coefficient (Wildman–Crippen LogP) is 4.47. The van der Waals surface area contributed by atoms with Crippen molar-refractivity contribution in [2.24, 2.45) is 18.7 Å². The van der Waals surface area contributed by atoms with Gasteiger partial charge in [-0.15, -0.1) is 11.3 Å². The largest absolute Gasteiger partial charge is 0.330 e. The summed E-state index contributed by atoms with van der Waals surface area (Å²) in [7, 11) is 1.80. The zero-order valence-corrected chi connectivity index (χ0v) is 16.2. The summed E-state index contributed by atoms with van der Waals surface area (Å²) in [6.07, 6.45) is 2.27. The summed E-state index contributed by atoms with van der Waals surface area (Å²) in [6.45, 7) is 0.262. The number of rotatable bonds is 7. The molecule has 0 amide bonds. The summed E-state index contributed by atoms with van der Waals surface area (Å²) >= 11 is 7.53. The lowest BCUT2D eigenvalue weighted by molar-refractivity contribution is 0.0966. The highest BCUT2D eigenvalue weighted by Crippen LogP contribution is 2.36. The van der Waals surface area contributed by atoms with Crippen LogP contribution in [0.4, 0.5) is 8.78 Å². The monoisotopic (exact) mass is 409 g/mol. The van der Waals surface area contributed by atoms with Crippen LogP contribution in [0.15, 0.2) is 36.5 Å². The van der Waals surface area contributed by atoms with Crippen LogP contribution in [0.2, 0.25) is 4.34 Å². The van der Waals surface area contributed by atoms with Crippen molar-refractivity contribution >= 4 is 28.7 Å². The maximum absolute atomic E-state index is 13.4. The minimum absolute atomic E-state index is 0.0756. The molecule has 8 heteroatoms. The predicted molar refractivity (Wildman–Crippen MR) is 103 cm³/mol. The quantitative estimate of drug-likeness (QED) is 0.585. The molecule has 0 saturated carbocycles. The van der Waals surface area contributed by atoms with Gasteiger partial charge in [0.25, 0.3) is 0 Å². The van der Waals surface area contributed by atoms with Gasteiger partial charge in [-0.1, -0.05) is 17.7 Å². The average molecular weight is 410 g/mol. The molecule has 0 fully saturated rings. The van der Waals surface area contributed by atoms with Crippen molar-refractivity contribution < 1.29 is 13.6 Å². The maximum atomic E-state index is 13.4. The summed E-state index contributed by atoms with van der Waals surface area (Å²) in [5.74, 6) is -2.05. The van der Waals surface area contributed by atoms with Gasteiger partial charge in [-0.3, -0.25) is 9.48 Å². The number of carbonyl (C=O) groups excluding carboxylic acids is 1. The molecule has 0 aliphatic carbocycles. The number of Topliss-reactive ketones (excluding diaryl/α,β-unsaturated/α-hetero) is 1. The van der Waals surface area contributed by atoms with Gasteiger partial charge in [0.05, 0.1) is 10.6 Å². The van der Waals surface area contributed by atoms with Crippen molar-refractivity contribution in [3.05, 3.63) is 62.9 Å². The number of hydrogen-bond donors (Lipinski definition) is 1. The molecule has 0 radical (unpaired) electrons. The fourth-order valence-electron chi connectivity index (χ4n) is 2.92. The van der Waals surface area contributed by atoms with Crippen LogP contribution in [0.1, 0.15) is 21.7 Å². The highest BCUT2D eigenvalue weighted by Gasteiger charge is 2.20. The Hall–Kier alpha value is -2.09. The van der Waals surface area contributed by atoms with Crippen LogP contribution in [0.3, 0.4) is 0 Å². The number of aryl methyl sites for hydroxylation is 1. The molecule has 0 aliphatic heterocycles. The van der Waals surface area contributed by atoms with Gasteiger partial charge in [-0.2, -0.15) is 5.10 Å². The number of nitrogens with two attached hydrogens (primary N) is 1. The molecule has 0 spiro atoms. The van der Waals surface area contributed by atoms with E-state index in [9.17, 15) is 13.6 Å². The van der Waals surface area contributed by atoms with Crippen LogP contribution >= 0.6 is 22.9 Å². The number of carbonyl (C=O) groups is 1. The van der Waals surface area contributed by atoms with Crippen molar-refractivity contribution in [2.75, 3.05) is 6.54 Å². The molecule has 27 heavy (non-hydrogen) atoms. The van der Waals surface area contributed by atoms with Crippen molar-refractivity contribution in [3.8, 4) is 11.3 Å². The van der Waals surface area contributed by atoms with E-state index in [1.807, 2.05) is 6.07 Å². The first kappa shape index (κ1) is 19.7. The zero-order chi connectivity index (χ0) is 19.6. The Morgan fingerprint density at radius 2 is 2.07 bits per heavy atom. The van der Waals surface area contributed by atoms with Crippen LogP contribution < -0.4 is 5.73 Å². The lowest BCUT2D eigenvalue weighted by Crippen LogP contribution is -2.20. The molecule has 0 saturated heterocycles. The minimum Gasteiger partial charge on any atom is -0.330 e. The Bertz CT molecular complexity index is 970. The minimum atomic E-state index is -0.902. The highest BCUT2D eigenvalue weighted by atomic mass is 35.5. The van der Waals surface area contributed by atoms with Crippen molar-refractivity contribution in [1.82, 2.24) is 9.78 Å². The van der Waals surface area contributed by atoms with Crippen LogP contribution in [0, 0.1) is 17.6 Å². The summed E-state index contributed by atoms with van der Waals surface area (Å²) in [5.41, 5.74) is 7.99. The third-order valence-electron chi connectivity index (χ3n) is 4.37. The van der Waals surface area contributed by atoms with E-state index in [0.29, 0.717) is 21.2 Å². The smallest absolute Gasteiger partial charge is 0.173 e. The van der Waals surface area contributed by atoms with E-state index in [0.717, 1.165) is 23.4 Å². The van der Waals surface area contributed by atoms with Gasteiger partial charge in [-0.05, 0) is 48.7 Å². The van der Waals surface area contributed by atoms with Gasteiger partial charge >= 0.3 is 0 Å². The maximum Gasteiger partial charge on any atom is 0.173 e. The molecule has 142 valence electrons. The molecule has 0 unspecified atom stereocenters. The first-order valence-corrected chi connectivity index (χ1v) is 9.53. The van der Waals surface area contributed by atoms with Gasteiger partial charge in [0.1, 0.15) is 4.34 Å². The van der Waals surface area contributed by atoms with E-state index < -0.39 is 11.6 Å². The van der Waals surface area contributed by atoms with E-state index in [-0.39, 0.29) is 24.7 Å². The van der Waals surface area contributed by atoms with E-state index in [2.05, 4.69) is 5.10 Å². The molecule has 2 N–H and O–H groups in total. The Morgan fingerprint density at radius 3 is 2.70 bits per heavy atom. The van der Waals surface area contributed by atoms with Crippen molar-refractivity contribution in [1.29, 1.82) is 0 Å². The van der Waals surface area contributed by atoms with Gasteiger partial charge in [0.2, 0.25) is 0 Å². The van der Waals surface area contributed by atoms with E-state index >= 15 is 0 Å². The number of aromatic nitrogens is 2. The molecular weight excluding hydrogens is 392 g/mol. The zero-order valence-electron chi connectivity index (χ0n) is 14.6. The van der Waals surface area contributed by atoms with Gasteiger partial charge in [-0.25, -0.2) is 8.78 Å². The third kappa shape index (κ3) is 4.43. The standard InChI is InChI=1S/C19H18ClF2N3OS/c1-25-16(4-5-24-25)13-9-18(27-19(13)20)17(26)8-12(10-23)6-11-2-3-14(21)15(22)7-11/h2-5,7,9,12H,6,8,10,23H2,1H3/t12-/m1/s1. The van der Waals surface area contributed by atoms with Crippen LogP contribution in [0.5, 0.6) is 0 Å². The van der Waals surface area contributed by atoms with Crippen molar-refractivity contribution in [2.45, 2.75) is 12.8 Å². The van der Waals surface area contributed by atoms with Gasteiger partial charge < -0.3 is 5.73 Å². The number of halogens is 3. The molecule has 0 bridgehead atoms. The first-order chi connectivity index (χ1) is 12.9. The Labute approximate surface area is 164 Å². The molecule has 3 rings (SSSR count). The number of ketones is 1. The second-order valence-corrected chi connectivity index (χ2v) is 7.97. The van der Waals surface area contributed by atoms with Gasteiger partial charge in [0, 0.05) is 25.2 Å². The van der Waals surface area contributed by atoms with Crippen LogP contribution in [-0.4, -0.2) is 22.1 Å². The highest BCUT2D eigenvalue weighted by molar-refractivity contribution is 7.18. The summed E-state index contributed by atoms with van der Waals surface area (Å²) in [5, 5.41) is 4.11. The van der Waals surface area contributed by atoms with E-state index in [1.165, 1.54) is 17.4 Å². The third-order valence-corrected chi connectivity index (χ3v) is 5.77. The van der Waals surface area contributed by atoms with Crippen LogP contribution in [0.25, 0.3) is 11.3 Å². The lowest BCUT2D eigenvalue weighted by atomic mass is 9.93. The normalized spacial score (nSPS) is 12.3. The molecule has 4 nitrogen and oxygen atoms in total. The van der Waals surface area contributed by atoms with E-state index in [4.69, 9.17) is 17.3 Å². The van der Waals surface area contributed by atoms with E-state index in [1.54, 1.807) is 24.0 Å². The van der Waals surface area contributed by atoms with Gasteiger partial charge in [0.15, 0.2) is 17.4 Å². The Morgan fingerprint density at radius 1 is 1.30 bits per heavy atom. The Balaban J connectivity index is 1.73. The van der Waals surface area contributed by atoms with Crippen LogP contribution in [-0.2, 0) is 13.5 Å². The molecule has 1 aromatic carbocycles. The molecule has 0 aliphatic rings. The number of hydrogen-bond acceptors (Lipinski definition) is 4. The topological polar surface area (TPSA) is 60.9 Å². The summed E-state index contributed by atoms with van der Waals surface area (Å²) < 4.78 is 28.7. The lowest BCUT2D eigenvalue weighted by Gasteiger charge is -2.13. The fraction of sp³-hybridized carbons (Fsp3) is 0.263. The second kappa shape index (κ2) is 8.29. The molecule has 2 aromatic heterocycles. The molecular formula is C19H18ClF2N3OS. The number of nitrogens with zero attached hydrogens (tertiary/aromatic N) is 2. The second-order valence-electron chi connectivity index (χ2n) is 6.32. The molecule has 2 heterocycles. The summed E-state index contributed by atoms with van der Waals surface area (Å²) in [6, 6.07) is 7.32. The first-order valence-electron chi connectivity index (χ1n) is 8.34. The molecule has 3 aromatic rings. The fourth-order valence-corrected chi connectivity index (χ4v) is 4.16. The van der Waals surface area contributed by atoms with Crippen molar-refractivity contribution in [3.63, 3.8) is 0 Å². The number of thiophene rings is 1. The molecule has 1 atom stereocenters. The SMILES string of the molecule is Cn1nccc1-c1cc(C(=O)C[C@H](CN)Cc2ccc(F)c(F)c2)sc1Cl. The Kier molecular flexibility index (Phi) is 6.04. The summed E-state index contributed by atoms with van der Waals surface area (Å²) in [4.78, 5) is 13.2. The average Bonchev–Trinajstić information content (AvgIpc) is 3.22. The number of benzene rings is 1.